The Bertz CT molecular complexity index is 809. The van der Waals surface area contributed by atoms with Gasteiger partial charge in [-0.1, -0.05) is 53.6 Å². The molecule has 0 aliphatic heterocycles. The van der Waals surface area contributed by atoms with Gasteiger partial charge >= 0.3 is 6.01 Å². The standard InChI is InChI=1S/C18H17N3O3S/c22-15(13-7-3-1-4-8-13)11-25-12-16(23)19-18-21-20-17(24-18)14-9-5-2-6-10-14/h1-10,15,22H,11-12H2,(H,19,21,23). The topological polar surface area (TPSA) is 88.2 Å². The summed E-state index contributed by atoms with van der Waals surface area (Å²) in [5.41, 5.74) is 1.62. The molecule has 3 aromatic rings. The van der Waals surface area contributed by atoms with Crippen LogP contribution in [-0.4, -0.2) is 32.7 Å². The zero-order valence-electron chi connectivity index (χ0n) is 13.3. The molecule has 1 unspecified atom stereocenters. The summed E-state index contributed by atoms with van der Waals surface area (Å²) in [4.78, 5) is 11.9. The first-order valence-corrected chi connectivity index (χ1v) is 8.87. The molecule has 0 fully saturated rings. The first-order chi connectivity index (χ1) is 12.2. The Hall–Kier alpha value is -2.64. The summed E-state index contributed by atoms with van der Waals surface area (Å²) >= 11 is 1.33. The lowest BCUT2D eigenvalue weighted by Gasteiger charge is -2.09. The molecule has 128 valence electrons. The molecule has 6 nitrogen and oxygen atoms in total. The maximum absolute atomic E-state index is 11.9. The van der Waals surface area contributed by atoms with E-state index in [2.05, 4.69) is 15.5 Å². The number of amides is 1. The Labute approximate surface area is 149 Å². The van der Waals surface area contributed by atoms with Gasteiger partial charge in [0, 0.05) is 11.3 Å². The van der Waals surface area contributed by atoms with Crippen molar-refractivity contribution in [3.63, 3.8) is 0 Å². The third-order valence-electron chi connectivity index (χ3n) is 3.39. The average Bonchev–Trinajstić information content (AvgIpc) is 3.11. The Kier molecular flexibility index (Phi) is 5.81. The fraction of sp³-hybridized carbons (Fsp3) is 0.167. The number of thioether (sulfide) groups is 1. The summed E-state index contributed by atoms with van der Waals surface area (Å²) in [5.74, 6) is 0.709. The summed E-state index contributed by atoms with van der Waals surface area (Å²) in [5, 5.41) is 20.3. The quantitative estimate of drug-likeness (QED) is 0.677. The maximum Gasteiger partial charge on any atom is 0.322 e. The molecular weight excluding hydrogens is 338 g/mol. The third kappa shape index (κ3) is 4.91. The predicted octanol–water partition coefficient (Wildman–Crippen LogP) is 3.14. The molecule has 1 amide bonds. The van der Waals surface area contributed by atoms with Crippen molar-refractivity contribution < 1.29 is 14.3 Å². The van der Waals surface area contributed by atoms with Crippen LogP contribution in [0.2, 0.25) is 0 Å². The minimum absolute atomic E-state index is 0.0630. The largest absolute Gasteiger partial charge is 0.403 e. The van der Waals surface area contributed by atoms with Gasteiger partial charge in [-0.05, 0) is 17.7 Å². The SMILES string of the molecule is O=C(CSCC(O)c1ccccc1)Nc1nnc(-c2ccccc2)o1. The molecule has 0 bridgehead atoms. The molecule has 0 aliphatic rings. The zero-order chi connectivity index (χ0) is 17.5. The van der Waals surface area contributed by atoms with Gasteiger partial charge in [-0.3, -0.25) is 10.1 Å². The monoisotopic (exact) mass is 355 g/mol. The Morgan fingerprint density at radius 3 is 2.48 bits per heavy atom. The molecule has 0 aliphatic carbocycles. The molecule has 1 atom stereocenters. The highest BCUT2D eigenvalue weighted by Gasteiger charge is 2.12. The van der Waals surface area contributed by atoms with Crippen molar-refractivity contribution in [1.29, 1.82) is 0 Å². The number of carbonyl (C=O) groups excluding carboxylic acids is 1. The van der Waals surface area contributed by atoms with Crippen LogP contribution in [0.3, 0.4) is 0 Å². The fourth-order valence-corrected chi connectivity index (χ4v) is 2.95. The second kappa shape index (κ2) is 8.46. The number of carbonyl (C=O) groups is 1. The normalized spacial score (nSPS) is 11.9. The average molecular weight is 355 g/mol. The zero-order valence-corrected chi connectivity index (χ0v) is 14.1. The Balaban J connectivity index is 1.46. The number of aliphatic hydroxyl groups excluding tert-OH is 1. The van der Waals surface area contributed by atoms with Gasteiger partial charge in [-0.15, -0.1) is 16.9 Å². The van der Waals surface area contributed by atoms with E-state index in [1.54, 1.807) is 0 Å². The molecule has 2 aromatic carbocycles. The van der Waals surface area contributed by atoms with E-state index in [4.69, 9.17) is 4.42 Å². The molecule has 0 spiro atoms. The summed E-state index contributed by atoms with van der Waals surface area (Å²) in [6.07, 6.45) is -0.605. The van der Waals surface area contributed by atoms with Gasteiger partial charge in [0.1, 0.15) is 0 Å². The second-order valence-corrected chi connectivity index (χ2v) is 6.30. The molecule has 25 heavy (non-hydrogen) atoms. The van der Waals surface area contributed by atoms with Gasteiger partial charge in [0.2, 0.25) is 11.8 Å². The molecule has 3 rings (SSSR count). The number of nitrogens with one attached hydrogen (secondary N) is 1. The van der Waals surface area contributed by atoms with Crippen molar-refractivity contribution in [1.82, 2.24) is 10.2 Å². The van der Waals surface area contributed by atoms with Gasteiger partial charge in [0.05, 0.1) is 11.9 Å². The molecule has 1 aromatic heterocycles. The number of hydrogen-bond acceptors (Lipinski definition) is 6. The van der Waals surface area contributed by atoms with Crippen LogP contribution >= 0.6 is 11.8 Å². The highest BCUT2D eigenvalue weighted by molar-refractivity contribution is 7.99. The molecule has 0 saturated heterocycles. The van der Waals surface area contributed by atoms with Crippen LogP contribution in [-0.2, 0) is 4.79 Å². The van der Waals surface area contributed by atoms with E-state index in [1.165, 1.54) is 11.8 Å². The van der Waals surface area contributed by atoms with Gasteiger partial charge in [-0.2, -0.15) is 0 Å². The lowest BCUT2D eigenvalue weighted by Crippen LogP contribution is -2.15. The van der Waals surface area contributed by atoms with E-state index >= 15 is 0 Å². The maximum atomic E-state index is 11.9. The minimum Gasteiger partial charge on any atom is -0.403 e. The van der Waals surface area contributed by atoms with E-state index in [-0.39, 0.29) is 17.7 Å². The lowest BCUT2D eigenvalue weighted by molar-refractivity contribution is -0.113. The van der Waals surface area contributed by atoms with Crippen LogP contribution in [0.4, 0.5) is 6.01 Å². The van der Waals surface area contributed by atoms with Crippen LogP contribution in [0.1, 0.15) is 11.7 Å². The lowest BCUT2D eigenvalue weighted by atomic mass is 10.1. The number of aromatic nitrogens is 2. The highest BCUT2D eigenvalue weighted by Crippen LogP contribution is 2.20. The smallest absolute Gasteiger partial charge is 0.322 e. The molecular formula is C18H17N3O3S. The first kappa shape index (κ1) is 17.2. The van der Waals surface area contributed by atoms with Crippen molar-refractivity contribution >= 4 is 23.7 Å². The number of aliphatic hydroxyl groups is 1. The number of nitrogens with zero attached hydrogens (tertiary/aromatic N) is 2. The number of hydrogen-bond donors (Lipinski definition) is 2. The molecule has 0 radical (unpaired) electrons. The van der Waals surface area contributed by atoms with Crippen molar-refractivity contribution in [3.05, 3.63) is 66.2 Å². The van der Waals surface area contributed by atoms with Crippen LogP contribution in [0, 0.1) is 0 Å². The third-order valence-corrected chi connectivity index (χ3v) is 4.40. The minimum atomic E-state index is -0.605. The summed E-state index contributed by atoms with van der Waals surface area (Å²) in [7, 11) is 0. The van der Waals surface area contributed by atoms with Crippen molar-refractivity contribution in [2.45, 2.75) is 6.10 Å². The van der Waals surface area contributed by atoms with Crippen molar-refractivity contribution in [2.75, 3.05) is 16.8 Å². The van der Waals surface area contributed by atoms with Crippen molar-refractivity contribution in [2.24, 2.45) is 0 Å². The summed E-state index contributed by atoms with van der Waals surface area (Å²) in [6, 6.07) is 18.7. The Morgan fingerprint density at radius 1 is 1.08 bits per heavy atom. The highest BCUT2D eigenvalue weighted by atomic mass is 32.2. The van der Waals surface area contributed by atoms with E-state index < -0.39 is 6.10 Å². The predicted molar refractivity (Wildman–Crippen MR) is 97.1 cm³/mol. The first-order valence-electron chi connectivity index (χ1n) is 7.72. The van der Waals surface area contributed by atoms with Gasteiger partial charge in [-0.25, -0.2) is 0 Å². The van der Waals surface area contributed by atoms with E-state index in [1.807, 2.05) is 60.7 Å². The van der Waals surface area contributed by atoms with Gasteiger partial charge < -0.3 is 9.52 Å². The van der Waals surface area contributed by atoms with E-state index in [0.29, 0.717) is 11.6 Å². The summed E-state index contributed by atoms with van der Waals surface area (Å²) in [6.45, 7) is 0. The van der Waals surface area contributed by atoms with Crippen LogP contribution in [0.25, 0.3) is 11.5 Å². The second-order valence-electron chi connectivity index (χ2n) is 5.27. The van der Waals surface area contributed by atoms with Crippen molar-refractivity contribution in [3.8, 4) is 11.5 Å². The molecule has 2 N–H and O–H groups in total. The van der Waals surface area contributed by atoms with Gasteiger partial charge in [0.25, 0.3) is 0 Å². The summed E-state index contributed by atoms with van der Waals surface area (Å²) < 4.78 is 5.42. The number of rotatable bonds is 7. The number of anilines is 1. The Morgan fingerprint density at radius 2 is 1.76 bits per heavy atom. The number of benzene rings is 2. The van der Waals surface area contributed by atoms with Crippen LogP contribution in [0.15, 0.2) is 65.1 Å². The molecule has 0 saturated carbocycles. The molecule has 1 heterocycles. The van der Waals surface area contributed by atoms with E-state index in [9.17, 15) is 9.90 Å². The van der Waals surface area contributed by atoms with Crippen LogP contribution in [0.5, 0.6) is 0 Å². The van der Waals surface area contributed by atoms with Gasteiger partial charge in [0.15, 0.2) is 0 Å². The van der Waals surface area contributed by atoms with E-state index in [0.717, 1.165) is 11.1 Å². The molecule has 7 heteroatoms. The fourth-order valence-electron chi connectivity index (χ4n) is 2.16. The van der Waals surface area contributed by atoms with Crippen LogP contribution < -0.4 is 5.32 Å².